The zero-order valence-electron chi connectivity index (χ0n) is 8.00. The lowest BCUT2D eigenvalue weighted by molar-refractivity contribution is 0.102. The van der Waals surface area contributed by atoms with Gasteiger partial charge >= 0.3 is 0 Å². The Balaban J connectivity index is 2.18. The maximum absolute atomic E-state index is 12.9. The molecular formula is C10H7ClFN3O. The minimum absolute atomic E-state index is 0.0907. The Morgan fingerprint density at radius 3 is 2.94 bits per heavy atom. The van der Waals surface area contributed by atoms with E-state index < -0.39 is 11.7 Å². The van der Waals surface area contributed by atoms with Crippen LogP contribution in [0.3, 0.4) is 0 Å². The largest absolute Gasteiger partial charge is 0.331 e. The highest BCUT2D eigenvalue weighted by molar-refractivity contribution is 6.31. The predicted octanol–water partition coefficient (Wildman–Crippen LogP) is 2.45. The van der Waals surface area contributed by atoms with Crippen LogP contribution in [0.1, 0.15) is 10.4 Å². The number of hydrogen-bond acceptors (Lipinski definition) is 2. The average molecular weight is 240 g/mol. The van der Waals surface area contributed by atoms with Crippen LogP contribution in [0, 0.1) is 5.82 Å². The molecule has 4 nitrogen and oxygen atoms in total. The number of carbonyl (C=O) groups is 1. The van der Waals surface area contributed by atoms with Gasteiger partial charge in [-0.1, -0.05) is 11.6 Å². The van der Waals surface area contributed by atoms with Crippen LogP contribution in [-0.4, -0.2) is 15.9 Å². The molecule has 0 spiro atoms. The molecule has 0 aliphatic heterocycles. The van der Waals surface area contributed by atoms with Gasteiger partial charge in [0.2, 0.25) is 5.95 Å². The number of nitrogens with one attached hydrogen (secondary N) is 2. The Labute approximate surface area is 95.5 Å². The van der Waals surface area contributed by atoms with Crippen LogP contribution < -0.4 is 5.32 Å². The molecule has 0 fully saturated rings. The summed E-state index contributed by atoms with van der Waals surface area (Å²) in [5.41, 5.74) is 0.266. The molecule has 0 saturated carbocycles. The van der Waals surface area contributed by atoms with Crippen molar-refractivity contribution < 1.29 is 9.18 Å². The second-order valence-corrected chi connectivity index (χ2v) is 3.43. The molecule has 0 atom stereocenters. The van der Waals surface area contributed by atoms with Crippen molar-refractivity contribution >= 4 is 23.5 Å². The van der Waals surface area contributed by atoms with Crippen molar-refractivity contribution in [2.45, 2.75) is 0 Å². The second kappa shape index (κ2) is 4.32. The molecule has 1 aromatic carbocycles. The first-order valence-corrected chi connectivity index (χ1v) is 4.80. The van der Waals surface area contributed by atoms with Crippen LogP contribution in [0.15, 0.2) is 30.6 Å². The zero-order chi connectivity index (χ0) is 11.5. The highest BCUT2D eigenvalue weighted by Crippen LogP contribution is 2.16. The lowest BCUT2D eigenvalue weighted by Gasteiger charge is -2.02. The first kappa shape index (κ1) is 10.6. The van der Waals surface area contributed by atoms with E-state index in [-0.39, 0.29) is 10.6 Å². The number of amides is 1. The van der Waals surface area contributed by atoms with Crippen molar-refractivity contribution in [3.63, 3.8) is 0 Å². The van der Waals surface area contributed by atoms with Crippen molar-refractivity contribution in [1.29, 1.82) is 0 Å². The SMILES string of the molecule is O=C(Nc1ncc[nH]1)c1ccc(F)c(Cl)c1. The van der Waals surface area contributed by atoms with E-state index in [1.54, 1.807) is 6.20 Å². The number of H-pyrrole nitrogens is 1. The first-order valence-electron chi connectivity index (χ1n) is 4.42. The Morgan fingerprint density at radius 2 is 2.31 bits per heavy atom. The van der Waals surface area contributed by atoms with Gasteiger partial charge in [0.05, 0.1) is 5.02 Å². The highest BCUT2D eigenvalue weighted by atomic mass is 35.5. The van der Waals surface area contributed by atoms with E-state index in [0.717, 1.165) is 6.07 Å². The number of halogens is 2. The summed E-state index contributed by atoms with van der Waals surface area (Å²) in [5, 5.41) is 2.41. The first-order chi connectivity index (χ1) is 7.66. The van der Waals surface area contributed by atoms with Crippen LogP contribution in [-0.2, 0) is 0 Å². The maximum atomic E-state index is 12.9. The van der Waals surface area contributed by atoms with Gasteiger partial charge in [0, 0.05) is 18.0 Å². The molecule has 0 unspecified atom stereocenters. The topological polar surface area (TPSA) is 57.8 Å². The Bertz CT molecular complexity index is 513. The molecule has 2 N–H and O–H groups in total. The van der Waals surface area contributed by atoms with E-state index in [1.807, 2.05) is 0 Å². The summed E-state index contributed by atoms with van der Waals surface area (Å²) in [7, 11) is 0. The molecule has 0 bridgehead atoms. The van der Waals surface area contributed by atoms with Crippen molar-refractivity contribution in [3.8, 4) is 0 Å². The Morgan fingerprint density at radius 1 is 1.50 bits per heavy atom. The fourth-order valence-electron chi connectivity index (χ4n) is 1.15. The molecule has 16 heavy (non-hydrogen) atoms. The third kappa shape index (κ3) is 2.20. The second-order valence-electron chi connectivity index (χ2n) is 3.02. The minimum Gasteiger partial charge on any atom is -0.331 e. The number of carbonyl (C=O) groups excluding carboxylic acids is 1. The van der Waals surface area contributed by atoms with Gasteiger partial charge in [-0.3, -0.25) is 10.1 Å². The van der Waals surface area contributed by atoms with Gasteiger partial charge in [0.1, 0.15) is 5.82 Å². The van der Waals surface area contributed by atoms with Gasteiger partial charge in [-0.05, 0) is 18.2 Å². The van der Waals surface area contributed by atoms with Crippen molar-refractivity contribution in [2.75, 3.05) is 5.32 Å². The normalized spacial score (nSPS) is 10.1. The quantitative estimate of drug-likeness (QED) is 0.846. The van der Waals surface area contributed by atoms with E-state index in [4.69, 9.17) is 11.6 Å². The molecule has 6 heteroatoms. The number of aromatic amines is 1. The van der Waals surface area contributed by atoms with E-state index in [2.05, 4.69) is 15.3 Å². The summed E-state index contributed by atoms with van der Waals surface area (Å²) in [6, 6.07) is 3.74. The lowest BCUT2D eigenvalue weighted by Crippen LogP contribution is -2.12. The smallest absolute Gasteiger partial charge is 0.258 e. The van der Waals surface area contributed by atoms with Crippen LogP contribution >= 0.6 is 11.6 Å². The molecule has 1 heterocycles. The molecule has 0 aliphatic carbocycles. The zero-order valence-corrected chi connectivity index (χ0v) is 8.75. The third-order valence-corrected chi connectivity index (χ3v) is 2.20. The lowest BCUT2D eigenvalue weighted by atomic mass is 10.2. The number of rotatable bonds is 2. The predicted molar refractivity (Wildman–Crippen MR) is 58.0 cm³/mol. The molecule has 0 aliphatic rings. The van der Waals surface area contributed by atoms with Crippen LogP contribution in [0.25, 0.3) is 0 Å². The number of imidazole rings is 1. The van der Waals surface area contributed by atoms with E-state index >= 15 is 0 Å². The fourth-order valence-corrected chi connectivity index (χ4v) is 1.33. The van der Waals surface area contributed by atoms with E-state index in [0.29, 0.717) is 5.95 Å². The molecule has 2 aromatic rings. The van der Waals surface area contributed by atoms with Gasteiger partial charge < -0.3 is 4.98 Å². The van der Waals surface area contributed by atoms with Crippen LogP contribution in [0.5, 0.6) is 0 Å². The number of hydrogen-bond donors (Lipinski definition) is 2. The van der Waals surface area contributed by atoms with E-state index in [1.165, 1.54) is 18.3 Å². The highest BCUT2D eigenvalue weighted by Gasteiger charge is 2.09. The fraction of sp³-hybridized carbons (Fsp3) is 0. The van der Waals surface area contributed by atoms with Gasteiger partial charge in [0.25, 0.3) is 5.91 Å². The molecule has 0 radical (unpaired) electrons. The summed E-state index contributed by atoms with van der Waals surface area (Å²) >= 11 is 5.56. The van der Waals surface area contributed by atoms with Crippen LogP contribution in [0.2, 0.25) is 5.02 Å². The molecular weight excluding hydrogens is 233 g/mol. The molecule has 82 valence electrons. The molecule has 1 aromatic heterocycles. The van der Waals surface area contributed by atoms with Gasteiger partial charge in [-0.25, -0.2) is 9.37 Å². The summed E-state index contributed by atoms with van der Waals surface area (Å²) in [5.74, 6) is -0.640. The molecule has 0 saturated heterocycles. The van der Waals surface area contributed by atoms with E-state index in [9.17, 15) is 9.18 Å². The number of benzene rings is 1. The van der Waals surface area contributed by atoms with Crippen molar-refractivity contribution in [1.82, 2.24) is 9.97 Å². The number of anilines is 1. The van der Waals surface area contributed by atoms with Crippen LogP contribution in [0.4, 0.5) is 10.3 Å². The Kier molecular flexibility index (Phi) is 2.87. The average Bonchev–Trinajstić information content (AvgIpc) is 2.74. The van der Waals surface area contributed by atoms with Crippen molar-refractivity contribution in [3.05, 3.63) is 47.0 Å². The van der Waals surface area contributed by atoms with Gasteiger partial charge in [-0.2, -0.15) is 0 Å². The third-order valence-electron chi connectivity index (χ3n) is 1.91. The summed E-state index contributed by atoms with van der Waals surface area (Å²) in [6.45, 7) is 0. The number of nitrogens with zero attached hydrogens (tertiary/aromatic N) is 1. The number of aromatic nitrogens is 2. The standard InChI is InChI=1S/C10H7ClFN3O/c11-7-5-6(1-2-8(7)12)9(16)15-10-13-3-4-14-10/h1-5H,(H2,13,14,15,16). The monoisotopic (exact) mass is 239 g/mol. The summed E-state index contributed by atoms with van der Waals surface area (Å²) < 4.78 is 12.9. The van der Waals surface area contributed by atoms with Gasteiger partial charge in [0.15, 0.2) is 0 Å². The maximum Gasteiger partial charge on any atom is 0.258 e. The molecule has 2 rings (SSSR count). The van der Waals surface area contributed by atoms with Gasteiger partial charge in [-0.15, -0.1) is 0 Å². The van der Waals surface area contributed by atoms with Crippen molar-refractivity contribution in [2.24, 2.45) is 0 Å². The Hall–Kier alpha value is -1.88. The minimum atomic E-state index is -0.559. The summed E-state index contributed by atoms with van der Waals surface area (Å²) in [6.07, 6.45) is 3.08. The molecule has 1 amide bonds. The summed E-state index contributed by atoms with van der Waals surface area (Å²) in [4.78, 5) is 18.2.